The zero-order valence-electron chi connectivity index (χ0n) is 13.5. The number of piperazine rings is 1. The Hall–Kier alpha value is -1.27. The summed E-state index contributed by atoms with van der Waals surface area (Å²) in [6.07, 6.45) is 0.880. The molecule has 0 unspecified atom stereocenters. The second-order valence-corrected chi connectivity index (χ2v) is 8.28. The van der Waals surface area contributed by atoms with Crippen LogP contribution in [0.15, 0.2) is 51.5 Å². The first kappa shape index (κ1) is 17.2. The molecule has 0 spiro atoms. The van der Waals surface area contributed by atoms with Crippen LogP contribution in [0, 0.1) is 4.91 Å². The molecule has 1 atom stereocenters. The molecule has 7 heteroatoms. The Morgan fingerprint density at radius 1 is 0.960 bits per heavy atom. The molecular weight excluding hydrogens is 377 g/mol. The SMILES string of the molecule is O=NN1CCN([C@H]2Cc3cc(Cl)ccc3Sc3ccc(Cl)cc32)CC1. The molecule has 0 radical (unpaired) electrons. The molecule has 2 aliphatic heterocycles. The maximum absolute atomic E-state index is 10.8. The minimum absolute atomic E-state index is 0.217. The van der Waals surface area contributed by atoms with Gasteiger partial charge in [0.25, 0.3) is 0 Å². The zero-order chi connectivity index (χ0) is 17.4. The molecule has 2 aliphatic rings. The molecule has 2 aromatic carbocycles. The second kappa shape index (κ2) is 7.16. The molecule has 4 nitrogen and oxygen atoms in total. The molecule has 2 heterocycles. The molecule has 25 heavy (non-hydrogen) atoms. The van der Waals surface area contributed by atoms with Crippen molar-refractivity contribution in [1.82, 2.24) is 9.91 Å². The van der Waals surface area contributed by atoms with E-state index in [0.29, 0.717) is 13.1 Å². The molecule has 1 fully saturated rings. The molecule has 4 rings (SSSR count). The van der Waals surface area contributed by atoms with Gasteiger partial charge < -0.3 is 0 Å². The van der Waals surface area contributed by atoms with Crippen molar-refractivity contribution in [1.29, 1.82) is 0 Å². The number of nitrogens with zero attached hydrogens (tertiary/aromatic N) is 3. The third-order valence-electron chi connectivity index (χ3n) is 4.83. The highest BCUT2D eigenvalue weighted by atomic mass is 35.5. The number of rotatable bonds is 2. The number of hydrogen-bond acceptors (Lipinski definition) is 4. The number of benzene rings is 2. The van der Waals surface area contributed by atoms with E-state index < -0.39 is 0 Å². The van der Waals surface area contributed by atoms with E-state index in [-0.39, 0.29) is 6.04 Å². The van der Waals surface area contributed by atoms with Crippen molar-refractivity contribution in [2.45, 2.75) is 22.3 Å². The van der Waals surface area contributed by atoms with Gasteiger partial charge in [-0.15, -0.1) is 4.91 Å². The lowest BCUT2D eigenvalue weighted by Crippen LogP contribution is -2.46. The van der Waals surface area contributed by atoms with Gasteiger partial charge in [-0.1, -0.05) is 35.0 Å². The molecule has 2 aromatic rings. The third-order valence-corrected chi connectivity index (χ3v) is 6.51. The quantitative estimate of drug-likeness (QED) is 0.669. The first-order valence-corrected chi connectivity index (χ1v) is 9.79. The number of nitroso groups, excluding NO2 is 1. The van der Waals surface area contributed by atoms with E-state index >= 15 is 0 Å². The Balaban J connectivity index is 1.73. The van der Waals surface area contributed by atoms with Crippen molar-refractivity contribution in [3.8, 4) is 0 Å². The normalized spacial score (nSPS) is 20.6. The van der Waals surface area contributed by atoms with Gasteiger partial charge in [0.05, 0.1) is 18.4 Å². The van der Waals surface area contributed by atoms with E-state index in [0.717, 1.165) is 29.6 Å². The fraction of sp³-hybridized carbons (Fsp3) is 0.333. The van der Waals surface area contributed by atoms with Crippen LogP contribution in [0.3, 0.4) is 0 Å². The molecule has 0 N–H and O–H groups in total. The first-order valence-electron chi connectivity index (χ1n) is 8.22. The average Bonchev–Trinajstić information content (AvgIpc) is 2.78. The van der Waals surface area contributed by atoms with E-state index in [1.54, 1.807) is 16.8 Å². The van der Waals surface area contributed by atoms with Crippen LogP contribution in [0.5, 0.6) is 0 Å². The summed E-state index contributed by atoms with van der Waals surface area (Å²) in [5, 5.41) is 6.17. The summed E-state index contributed by atoms with van der Waals surface area (Å²) in [5.74, 6) is 0. The minimum atomic E-state index is 0.217. The lowest BCUT2D eigenvalue weighted by molar-refractivity contribution is 0.0954. The highest BCUT2D eigenvalue weighted by Gasteiger charge is 2.30. The summed E-state index contributed by atoms with van der Waals surface area (Å²) in [7, 11) is 0. The lowest BCUT2D eigenvalue weighted by atomic mass is 9.96. The largest absolute Gasteiger partial charge is 0.292 e. The summed E-state index contributed by atoms with van der Waals surface area (Å²) in [6.45, 7) is 2.93. The molecule has 0 saturated carbocycles. The molecule has 0 bridgehead atoms. The maximum atomic E-state index is 10.8. The Morgan fingerprint density at radius 3 is 2.36 bits per heavy atom. The van der Waals surface area contributed by atoms with Gasteiger partial charge in [-0.2, -0.15) is 0 Å². The van der Waals surface area contributed by atoms with Crippen LogP contribution in [0.1, 0.15) is 17.2 Å². The molecule has 1 saturated heterocycles. The highest BCUT2D eigenvalue weighted by Crippen LogP contribution is 2.44. The van der Waals surface area contributed by atoms with E-state index in [1.807, 2.05) is 12.1 Å². The fourth-order valence-electron chi connectivity index (χ4n) is 3.55. The van der Waals surface area contributed by atoms with Crippen LogP contribution in [0.2, 0.25) is 10.0 Å². The van der Waals surface area contributed by atoms with Gasteiger partial charge in [0.2, 0.25) is 0 Å². The van der Waals surface area contributed by atoms with Crippen LogP contribution >= 0.6 is 35.0 Å². The summed E-state index contributed by atoms with van der Waals surface area (Å²) in [5.41, 5.74) is 2.50. The van der Waals surface area contributed by atoms with Crippen molar-refractivity contribution in [2.75, 3.05) is 26.2 Å². The van der Waals surface area contributed by atoms with Crippen LogP contribution in [0.25, 0.3) is 0 Å². The fourth-order valence-corrected chi connectivity index (χ4v) is 5.02. The summed E-state index contributed by atoms with van der Waals surface area (Å²) in [4.78, 5) is 15.7. The van der Waals surface area contributed by atoms with Crippen molar-refractivity contribution in [2.24, 2.45) is 5.29 Å². The van der Waals surface area contributed by atoms with Crippen LogP contribution < -0.4 is 0 Å². The highest BCUT2D eigenvalue weighted by molar-refractivity contribution is 7.99. The van der Waals surface area contributed by atoms with E-state index in [9.17, 15) is 4.91 Å². The van der Waals surface area contributed by atoms with Gasteiger partial charge in [0.15, 0.2) is 0 Å². The van der Waals surface area contributed by atoms with Crippen molar-refractivity contribution in [3.05, 3.63) is 62.5 Å². The van der Waals surface area contributed by atoms with Crippen LogP contribution in [-0.2, 0) is 6.42 Å². The monoisotopic (exact) mass is 393 g/mol. The Morgan fingerprint density at radius 2 is 1.64 bits per heavy atom. The lowest BCUT2D eigenvalue weighted by Gasteiger charge is -2.37. The summed E-state index contributed by atoms with van der Waals surface area (Å²) in [6, 6.07) is 12.4. The van der Waals surface area contributed by atoms with Gasteiger partial charge >= 0.3 is 0 Å². The van der Waals surface area contributed by atoms with Gasteiger partial charge in [-0.3, -0.25) is 9.91 Å². The molecule has 0 aliphatic carbocycles. The van der Waals surface area contributed by atoms with E-state index in [2.05, 4.69) is 34.5 Å². The molecule has 130 valence electrons. The first-order chi connectivity index (χ1) is 12.1. The molecule has 0 aromatic heterocycles. The van der Waals surface area contributed by atoms with Gasteiger partial charge in [-0.05, 0) is 53.9 Å². The average molecular weight is 394 g/mol. The number of halogens is 2. The third kappa shape index (κ3) is 3.51. The van der Waals surface area contributed by atoms with Gasteiger partial charge in [0.1, 0.15) is 0 Å². The topological polar surface area (TPSA) is 35.9 Å². The number of hydrogen-bond donors (Lipinski definition) is 0. The van der Waals surface area contributed by atoms with Crippen molar-refractivity contribution in [3.63, 3.8) is 0 Å². The number of fused-ring (bicyclic) bond motifs is 2. The van der Waals surface area contributed by atoms with Crippen LogP contribution in [0.4, 0.5) is 0 Å². The van der Waals surface area contributed by atoms with Crippen molar-refractivity contribution < 1.29 is 0 Å². The minimum Gasteiger partial charge on any atom is -0.292 e. The molecule has 0 amide bonds. The maximum Gasteiger partial charge on any atom is 0.0524 e. The second-order valence-electron chi connectivity index (χ2n) is 6.33. The Bertz CT molecular complexity index is 809. The summed E-state index contributed by atoms with van der Waals surface area (Å²) < 4.78 is 0. The van der Waals surface area contributed by atoms with Crippen molar-refractivity contribution >= 4 is 35.0 Å². The predicted molar refractivity (Wildman–Crippen MR) is 102 cm³/mol. The van der Waals surface area contributed by atoms with Crippen LogP contribution in [-0.4, -0.2) is 36.1 Å². The predicted octanol–water partition coefficient (Wildman–Crippen LogP) is 5.04. The Labute approximate surface area is 161 Å². The van der Waals surface area contributed by atoms with E-state index in [1.165, 1.54) is 20.9 Å². The van der Waals surface area contributed by atoms with Gasteiger partial charge in [0, 0.05) is 39.0 Å². The summed E-state index contributed by atoms with van der Waals surface area (Å²) >= 11 is 14.3. The van der Waals surface area contributed by atoms with Gasteiger partial charge in [-0.25, -0.2) is 0 Å². The standard InChI is InChI=1S/C18H17Cl2N3OS/c19-13-1-3-17-12(9-13)10-16(22-5-7-23(21-24)8-6-22)15-11-14(20)2-4-18(15)25-17/h1-4,9,11,16H,5-8,10H2/t16-/m0/s1. The molecular formula is C18H17Cl2N3OS. The zero-order valence-corrected chi connectivity index (χ0v) is 15.8. The van der Waals surface area contributed by atoms with E-state index in [4.69, 9.17) is 23.2 Å². The smallest absolute Gasteiger partial charge is 0.0524 e. The Kier molecular flexibility index (Phi) is 4.91.